The van der Waals surface area contributed by atoms with E-state index >= 15 is 0 Å². The van der Waals surface area contributed by atoms with Crippen molar-refractivity contribution in [1.29, 1.82) is 0 Å². The van der Waals surface area contributed by atoms with E-state index in [2.05, 4.69) is 0 Å². The monoisotopic (exact) mass is 252 g/mol. The lowest BCUT2D eigenvalue weighted by atomic mass is 9.82. The van der Waals surface area contributed by atoms with E-state index in [-0.39, 0.29) is 11.7 Å². The smallest absolute Gasteiger partial charge is 0.126 e. The fraction of sp³-hybridized carbons (Fsp3) is 0.600. The van der Waals surface area contributed by atoms with Crippen LogP contribution in [0.25, 0.3) is 0 Å². The van der Waals surface area contributed by atoms with Crippen LogP contribution in [0.2, 0.25) is 0 Å². The Morgan fingerprint density at radius 1 is 1.17 bits per heavy atom. The van der Waals surface area contributed by atoms with Crippen molar-refractivity contribution in [2.75, 3.05) is 0 Å². The molecule has 0 aliphatic heterocycles. The number of aliphatic hydroxyl groups excluding tert-OH is 2. The van der Waals surface area contributed by atoms with Gasteiger partial charge in [0.1, 0.15) is 11.9 Å². The van der Waals surface area contributed by atoms with Crippen LogP contribution in [0.1, 0.15) is 49.3 Å². The van der Waals surface area contributed by atoms with E-state index in [4.69, 9.17) is 0 Å². The summed E-state index contributed by atoms with van der Waals surface area (Å²) < 4.78 is 13.5. The highest BCUT2D eigenvalue weighted by atomic mass is 19.1. The molecule has 1 fully saturated rings. The van der Waals surface area contributed by atoms with Gasteiger partial charge in [0, 0.05) is 0 Å². The molecule has 2 rings (SSSR count). The number of hydrogen-bond acceptors (Lipinski definition) is 2. The Bertz CT molecular complexity index is 399. The summed E-state index contributed by atoms with van der Waals surface area (Å²) in [7, 11) is 0. The van der Waals surface area contributed by atoms with E-state index in [1.807, 2.05) is 0 Å². The summed E-state index contributed by atoms with van der Waals surface area (Å²) in [6, 6.07) is 4.66. The van der Waals surface area contributed by atoms with E-state index in [0.717, 1.165) is 25.7 Å². The van der Waals surface area contributed by atoms with Crippen LogP contribution >= 0.6 is 0 Å². The van der Waals surface area contributed by atoms with E-state index in [1.165, 1.54) is 12.5 Å². The van der Waals surface area contributed by atoms with Crippen LogP contribution in [-0.4, -0.2) is 16.3 Å². The van der Waals surface area contributed by atoms with Crippen molar-refractivity contribution in [3.05, 3.63) is 35.1 Å². The molecule has 0 bridgehead atoms. The third kappa shape index (κ3) is 2.90. The molecule has 2 atom stereocenters. The first kappa shape index (κ1) is 13.5. The number of benzene rings is 1. The van der Waals surface area contributed by atoms with Gasteiger partial charge in [-0.2, -0.15) is 0 Å². The van der Waals surface area contributed by atoms with Crippen molar-refractivity contribution in [1.82, 2.24) is 0 Å². The molecule has 1 saturated carbocycles. The van der Waals surface area contributed by atoms with Crippen molar-refractivity contribution in [3.63, 3.8) is 0 Å². The molecule has 100 valence electrons. The molecule has 0 radical (unpaired) electrons. The zero-order chi connectivity index (χ0) is 13.1. The summed E-state index contributed by atoms with van der Waals surface area (Å²) in [5.74, 6) is -0.194. The SMILES string of the molecule is Cc1ccc(C(O)C(O)C2CCCCC2)cc1F. The number of aliphatic hydroxyl groups is 2. The summed E-state index contributed by atoms with van der Waals surface area (Å²) in [6.45, 7) is 1.68. The average molecular weight is 252 g/mol. The molecular weight excluding hydrogens is 231 g/mol. The minimum absolute atomic E-state index is 0.137. The fourth-order valence-electron chi connectivity index (χ4n) is 2.72. The third-order valence-corrected chi connectivity index (χ3v) is 3.99. The van der Waals surface area contributed by atoms with Gasteiger partial charge in [-0.25, -0.2) is 4.39 Å². The molecule has 3 heteroatoms. The highest BCUT2D eigenvalue weighted by Gasteiger charge is 2.28. The predicted octanol–water partition coefficient (Wildman–Crippen LogP) is 3.11. The predicted molar refractivity (Wildman–Crippen MR) is 68.7 cm³/mol. The summed E-state index contributed by atoms with van der Waals surface area (Å²) >= 11 is 0. The lowest BCUT2D eigenvalue weighted by molar-refractivity contribution is -0.0286. The molecule has 1 aromatic carbocycles. The van der Waals surface area contributed by atoms with Crippen molar-refractivity contribution in [2.24, 2.45) is 5.92 Å². The fourth-order valence-corrected chi connectivity index (χ4v) is 2.72. The average Bonchev–Trinajstić information content (AvgIpc) is 2.41. The number of halogens is 1. The van der Waals surface area contributed by atoms with Gasteiger partial charge in [0.05, 0.1) is 6.10 Å². The molecule has 2 unspecified atom stereocenters. The molecule has 1 aromatic rings. The van der Waals surface area contributed by atoms with Crippen LogP contribution in [0.5, 0.6) is 0 Å². The van der Waals surface area contributed by atoms with Crippen LogP contribution in [0, 0.1) is 18.7 Å². The van der Waals surface area contributed by atoms with Gasteiger partial charge >= 0.3 is 0 Å². The largest absolute Gasteiger partial charge is 0.390 e. The molecule has 18 heavy (non-hydrogen) atoms. The van der Waals surface area contributed by atoms with Gasteiger partial charge < -0.3 is 10.2 Å². The van der Waals surface area contributed by atoms with Gasteiger partial charge in [0.2, 0.25) is 0 Å². The summed E-state index contributed by atoms with van der Waals surface area (Å²) in [6.07, 6.45) is 3.56. The number of aryl methyl sites for hydroxylation is 1. The normalized spacial score (nSPS) is 20.7. The van der Waals surface area contributed by atoms with Gasteiger partial charge in [-0.3, -0.25) is 0 Å². The maximum Gasteiger partial charge on any atom is 0.126 e. The van der Waals surface area contributed by atoms with E-state index < -0.39 is 12.2 Å². The minimum Gasteiger partial charge on any atom is -0.390 e. The first-order chi connectivity index (χ1) is 8.59. The number of hydrogen-bond donors (Lipinski definition) is 2. The van der Waals surface area contributed by atoms with Crippen LogP contribution in [0.4, 0.5) is 4.39 Å². The first-order valence-electron chi connectivity index (χ1n) is 6.72. The summed E-state index contributed by atoms with van der Waals surface area (Å²) in [4.78, 5) is 0. The standard InChI is InChI=1S/C15H21FO2/c1-10-7-8-12(9-13(10)16)15(18)14(17)11-5-3-2-4-6-11/h7-9,11,14-15,17-18H,2-6H2,1H3. The second-order valence-electron chi connectivity index (χ2n) is 5.34. The molecule has 2 nitrogen and oxygen atoms in total. The van der Waals surface area contributed by atoms with Crippen LogP contribution in [0.15, 0.2) is 18.2 Å². The maximum atomic E-state index is 13.5. The van der Waals surface area contributed by atoms with Crippen LogP contribution in [0.3, 0.4) is 0 Å². The Morgan fingerprint density at radius 2 is 1.83 bits per heavy atom. The van der Waals surface area contributed by atoms with Crippen molar-refractivity contribution < 1.29 is 14.6 Å². The first-order valence-corrected chi connectivity index (χ1v) is 6.72. The Morgan fingerprint density at radius 3 is 2.44 bits per heavy atom. The van der Waals surface area contributed by atoms with E-state index in [1.54, 1.807) is 19.1 Å². The molecule has 0 amide bonds. The van der Waals surface area contributed by atoms with Crippen molar-refractivity contribution >= 4 is 0 Å². The highest BCUT2D eigenvalue weighted by Crippen LogP contribution is 2.32. The summed E-state index contributed by atoms with van der Waals surface area (Å²) in [5.41, 5.74) is 1.02. The molecule has 2 N–H and O–H groups in total. The molecule has 1 aliphatic carbocycles. The van der Waals surface area contributed by atoms with Crippen LogP contribution < -0.4 is 0 Å². The quantitative estimate of drug-likeness (QED) is 0.867. The zero-order valence-electron chi connectivity index (χ0n) is 10.8. The molecule has 0 spiro atoms. The Labute approximate surface area is 107 Å². The van der Waals surface area contributed by atoms with Crippen molar-refractivity contribution in [3.8, 4) is 0 Å². The van der Waals surface area contributed by atoms with Gasteiger partial charge in [0.25, 0.3) is 0 Å². The van der Waals surface area contributed by atoms with Gasteiger partial charge in [0.15, 0.2) is 0 Å². The lowest BCUT2D eigenvalue weighted by Crippen LogP contribution is -2.29. The zero-order valence-corrected chi connectivity index (χ0v) is 10.8. The Kier molecular flexibility index (Phi) is 4.36. The Balaban J connectivity index is 2.09. The Hall–Kier alpha value is -0.930. The second kappa shape index (κ2) is 5.81. The lowest BCUT2D eigenvalue weighted by Gasteiger charge is -2.30. The maximum absolute atomic E-state index is 13.5. The second-order valence-corrected chi connectivity index (χ2v) is 5.34. The van der Waals surface area contributed by atoms with Crippen LogP contribution in [-0.2, 0) is 0 Å². The van der Waals surface area contributed by atoms with Gasteiger partial charge in [-0.15, -0.1) is 0 Å². The highest BCUT2D eigenvalue weighted by molar-refractivity contribution is 5.25. The molecule has 0 heterocycles. The molecule has 0 aromatic heterocycles. The third-order valence-electron chi connectivity index (χ3n) is 3.99. The van der Waals surface area contributed by atoms with Gasteiger partial charge in [-0.1, -0.05) is 31.4 Å². The topological polar surface area (TPSA) is 40.5 Å². The molecule has 0 saturated heterocycles. The summed E-state index contributed by atoms with van der Waals surface area (Å²) in [5, 5.41) is 20.3. The minimum atomic E-state index is -0.983. The number of rotatable bonds is 3. The van der Waals surface area contributed by atoms with E-state index in [9.17, 15) is 14.6 Å². The van der Waals surface area contributed by atoms with E-state index in [0.29, 0.717) is 11.1 Å². The van der Waals surface area contributed by atoms with Gasteiger partial charge in [-0.05, 0) is 42.9 Å². The molecule has 1 aliphatic rings. The molecular formula is C15H21FO2. The van der Waals surface area contributed by atoms with Crippen molar-refractivity contribution in [2.45, 2.75) is 51.2 Å².